The predicted molar refractivity (Wildman–Crippen MR) is 147 cm³/mol. The molecule has 0 aromatic heterocycles. The number of ether oxygens (including phenoxy) is 5. The van der Waals surface area contributed by atoms with Crippen molar-refractivity contribution in [3.63, 3.8) is 0 Å². The molecule has 0 amide bonds. The number of epoxide rings is 1. The molecular weight excluding hydrogens is 528 g/mol. The molecule has 9 nitrogen and oxygen atoms in total. The molecule has 222 valence electrons. The van der Waals surface area contributed by atoms with Gasteiger partial charge in [-0.15, -0.1) is 0 Å². The first-order valence-corrected chi connectivity index (χ1v) is 14.3. The minimum atomic E-state index is -1.26. The number of benzene rings is 1. The summed E-state index contributed by atoms with van der Waals surface area (Å²) in [6, 6.07) is 8.70. The Bertz CT molecular complexity index is 1290. The molecule has 2 saturated carbocycles. The Balaban J connectivity index is 1.67. The lowest BCUT2D eigenvalue weighted by Gasteiger charge is -2.30. The second-order valence-corrected chi connectivity index (χ2v) is 12.8. The minimum Gasteiger partial charge on any atom is -0.461 e. The van der Waals surface area contributed by atoms with Crippen molar-refractivity contribution in [1.82, 2.24) is 0 Å². The van der Waals surface area contributed by atoms with E-state index in [9.17, 15) is 19.2 Å². The molecule has 0 N–H and O–H groups in total. The van der Waals surface area contributed by atoms with E-state index in [-0.39, 0.29) is 23.5 Å². The lowest BCUT2D eigenvalue weighted by atomic mass is 9.80. The number of methoxy groups -OCH3 is 1. The molecule has 4 aliphatic rings. The van der Waals surface area contributed by atoms with Gasteiger partial charge in [-0.25, -0.2) is 4.79 Å². The first kappa shape index (κ1) is 29.5. The number of fused-ring (bicyclic) bond motifs is 1. The molecule has 1 aliphatic heterocycles. The fraction of sp³-hybridized carbons (Fsp3) is 0.625. The number of carbonyl (C=O) groups is 4. The monoisotopic (exact) mass is 568 g/mol. The van der Waals surface area contributed by atoms with E-state index in [1.165, 1.54) is 13.8 Å². The van der Waals surface area contributed by atoms with Crippen molar-refractivity contribution in [3.05, 3.63) is 47.5 Å². The summed E-state index contributed by atoms with van der Waals surface area (Å²) in [6.45, 7) is 12.3. The van der Waals surface area contributed by atoms with Crippen LogP contribution in [0.15, 0.2) is 42.0 Å². The van der Waals surface area contributed by atoms with E-state index < -0.39 is 64.9 Å². The van der Waals surface area contributed by atoms with Gasteiger partial charge in [0.25, 0.3) is 0 Å². The number of hydrogen-bond acceptors (Lipinski definition) is 9. The molecule has 3 aliphatic carbocycles. The van der Waals surface area contributed by atoms with Gasteiger partial charge in [0.2, 0.25) is 0 Å². The van der Waals surface area contributed by atoms with Gasteiger partial charge in [-0.05, 0) is 48.5 Å². The second-order valence-electron chi connectivity index (χ2n) is 12.8. The van der Waals surface area contributed by atoms with Crippen molar-refractivity contribution in [3.8, 4) is 0 Å². The molecule has 0 radical (unpaired) electrons. The van der Waals surface area contributed by atoms with Crippen molar-refractivity contribution in [2.75, 3.05) is 7.11 Å². The fourth-order valence-corrected chi connectivity index (χ4v) is 7.91. The Morgan fingerprint density at radius 3 is 2.12 bits per heavy atom. The maximum atomic E-state index is 14.4. The maximum absolute atomic E-state index is 14.4. The molecule has 1 saturated heterocycles. The number of esters is 3. The SMILES string of the molecule is CO[C@H]1[C@H]2[C@@H](C(OC(C)=O)[C@H](C)C(=O)[C@@]34C[C@H](C)[C@H](OC(C)=O)C3(C=C(C)[C@H]1OC(=O)c1ccccc1)O4)C2(C)C. The first-order valence-electron chi connectivity index (χ1n) is 14.3. The number of carbonyl (C=O) groups excluding carboxylic acids is 4. The number of hydrogen-bond donors (Lipinski definition) is 0. The molecule has 0 spiro atoms. The lowest BCUT2D eigenvalue weighted by molar-refractivity contribution is -0.154. The summed E-state index contributed by atoms with van der Waals surface area (Å²) in [5.74, 6) is -3.00. The molecular formula is C32H40O9. The van der Waals surface area contributed by atoms with Gasteiger partial charge >= 0.3 is 17.9 Å². The van der Waals surface area contributed by atoms with Crippen LogP contribution in [0.5, 0.6) is 0 Å². The largest absolute Gasteiger partial charge is 0.461 e. The van der Waals surface area contributed by atoms with Crippen LogP contribution in [0.3, 0.4) is 0 Å². The summed E-state index contributed by atoms with van der Waals surface area (Å²) in [6.07, 6.45) is -0.802. The quantitative estimate of drug-likeness (QED) is 0.224. The summed E-state index contributed by atoms with van der Waals surface area (Å²) < 4.78 is 30.3. The van der Waals surface area contributed by atoms with Crippen LogP contribution in [0.25, 0.3) is 0 Å². The van der Waals surface area contributed by atoms with E-state index >= 15 is 0 Å². The molecule has 9 heteroatoms. The van der Waals surface area contributed by atoms with Crippen LogP contribution in [0, 0.1) is 29.1 Å². The highest BCUT2D eigenvalue weighted by Gasteiger charge is 2.84. The zero-order valence-corrected chi connectivity index (χ0v) is 25.0. The number of ketones is 1. The Labute approximate surface area is 240 Å². The average molecular weight is 569 g/mol. The molecule has 1 heterocycles. The Morgan fingerprint density at radius 2 is 1.54 bits per heavy atom. The predicted octanol–water partition coefficient (Wildman–Crippen LogP) is 4.08. The fourth-order valence-electron chi connectivity index (χ4n) is 7.91. The molecule has 5 rings (SSSR count). The van der Waals surface area contributed by atoms with Gasteiger partial charge in [0, 0.05) is 32.8 Å². The van der Waals surface area contributed by atoms with E-state index in [1.807, 2.05) is 33.8 Å². The third-order valence-corrected chi connectivity index (χ3v) is 9.79. The van der Waals surface area contributed by atoms with Gasteiger partial charge in [-0.3, -0.25) is 14.4 Å². The minimum absolute atomic E-state index is 0.184. The highest BCUT2D eigenvalue weighted by Crippen LogP contribution is 2.68. The Kier molecular flexibility index (Phi) is 7.22. The van der Waals surface area contributed by atoms with Crippen LogP contribution in [0.4, 0.5) is 0 Å². The third kappa shape index (κ3) is 4.52. The zero-order valence-electron chi connectivity index (χ0n) is 25.0. The zero-order chi connectivity index (χ0) is 30.1. The van der Waals surface area contributed by atoms with Gasteiger partial charge in [0.1, 0.15) is 24.4 Å². The van der Waals surface area contributed by atoms with Gasteiger partial charge in [-0.1, -0.05) is 45.9 Å². The summed E-state index contributed by atoms with van der Waals surface area (Å²) in [5.41, 5.74) is -1.88. The Hall–Kier alpha value is -3.04. The van der Waals surface area contributed by atoms with Gasteiger partial charge in [-0.2, -0.15) is 0 Å². The van der Waals surface area contributed by atoms with Crippen LogP contribution >= 0.6 is 0 Å². The van der Waals surface area contributed by atoms with Gasteiger partial charge in [0.15, 0.2) is 17.0 Å². The normalized spacial score (nSPS) is 40.5. The van der Waals surface area contributed by atoms with Gasteiger partial charge in [0.05, 0.1) is 11.5 Å². The van der Waals surface area contributed by atoms with Crippen LogP contribution in [-0.2, 0) is 38.1 Å². The molecule has 41 heavy (non-hydrogen) atoms. The van der Waals surface area contributed by atoms with E-state index in [0.717, 1.165) is 0 Å². The topological polar surface area (TPSA) is 118 Å². The first-order chi connectivity index (χ1) is 19.2. The summed E-state index contributed by atoms with van der Waals surface area (Å²) in [7, 11) is 1.57. The highest BCUT2D eigenvalue weighted by molar-refractivity contribution is 5.96. The van der Waals surface area contributed by atoms with Crippen LogP contribution in [0.2, 0.25) is 0 Å². The molecule has 1 aromatic carbocycles. The van der Waals surface area contributed by atoms with Crippen LogP contribution < -0.4 is 0 Å². The smallest absolute Gasteiger partial charge is 0.338 e. The molecule has 2 unspecified atom stereocenters. The number of rotatable bonds is 5. The van der Waals surface area contributed by atoms with Gasteiger partial charge < -0.3 is 23.7 Å². The van der Waals surface area contributed by atoms with Crippen molar-refractivity contribution < 1.29 is 42.9 Å². The maximum Gasteiger partial charge on any atom is 0.338 e. The lowest BCUT2D eigenvalue weighted by Crippen LogP contribution is -2.43. The molecule has 1 aromatic rings. The second kappa shape index (κ2) is 10.1. The third-order valence-electron chi connectivity index (χ3n) is 9.79. The summed E-state index contributed by atoms with van der Waals surface area (Å²) >= 11 is 0. The van der Waals surface area contributed by atoms with E-state index in [0.29, 0.717) is 17.6 Å². The molecule has 10 atom stereocenters. The molecule has 3 fully saturated rings. The summed E-state index contributed by atoms with van der Waals surface area (Å²) in [5, 5.41) is 0. The molecule has 0 bridgehead atoms. The van der Waals surface area contributed by atoms with Crippen molar-refractivity contribution in [2.24, 2.45) is 29.1 Å². The standard InChI is InChI=1S/C32H40O9/c1-16-14-32-28(39-20(5)34)17(2)15-31(32,41-32)27(35)18(3)25(38-19(4)33)22-23(30(22,6)7)26(37-8)24(16)40-29(36)21-12-10-9-11-13-21/h9-14,17-18,22-26,28H,15H2,1-8H3/t17-,18-,22-,23+,24+,25?,26-,28-,31-,32?/m0/s1. The highest BCUT2D eigenvalue weighted by atomic mass is 16.7. The van der Waals surface area contributed by atoms with E-state index in [2.05, 4.69) is 0 Å². The van der Waals surface area contributed by atoms with E-state index in [4.69, 9.17) is 23.7 Å². The van der Waals surface area contributed by atoms with Crippen molar-refractivity contribution in [1.29, 1.82) is 0 Å². The van der Waals surface area contributed by atoms with Crippen LogP contribution in [-0.4, -0.2) is 66.4 Å². The van der Waals surface area contributed by atoms with E-state index in [1.54, 1.807) is 44.4 Å². The average Bonchev–Trinajstić information content (AvgIpc) is 3.70. The summed E-state index contributed by atoms with van der Waals surface area (Å²) in [4.78, 5) is 52.2. The van der Waals surface area contributed by atoms with Crippen molar-refractivity contribution >= 4 is 23.7 Å². The van der Waals surface area contributed by atoms with Crippen LogP contribution in [0.1, 0.15) is 65.2 Å². The Morgan fingerprint density at radius 1 is 0.927 bits per heavy atom. The van der Waals surface area contributed by atoms with Crippen molar-refractivity contribution in [2.45, 2.75) is 90.5 Å². The number of Topliss-reactive ketones (excluding diaryl/α,β-unsaturated/α-hetero) is 1.